The lowest BCUT2D eigenvalue weighted by Gasteiger charge is -2.30. The molecule has 1 aliphatic rings. The Balaban J connectivity index is 1.18. The van der Waals surface area contributed by atoms with E-state index in [1.807, 2.05) is 0 Å². The van der Waals surface area contributed by atoms with E-state index >= 15 is 0 Å². The van der Waals surface area contributed by atoms with Crippen molar-refractivity contribution >= 4 is 49.4 Å². The maximum Gasteiger partial charge on any atom is 0.0540 e. The third-order valence-corrected chi connectivity index (χ3v) is 11.3. The summed E-state index contributed by atoms with van der Waals surface area (Å²) in [4.78, 5) is 2.46. The van der Waals surface area contributed by atoms with E-state index in [9.17, 15) is 0 Å². The highest BCUT2D eigenvalue weighted by molar-refractivity contribution is 6.14. The largest absolute Gasteiger partial charge is 0.310 e. The van der Waals surface area contributed by atoms with Gasteiger partial charge in [-0.3, -0.25) is 0 Å². The molecule has 0 saturated carbocycles. The van der Waals surface area contributed by atoms with Crippen LogP contribution in [0.5, 0.6) is 0 Å². The monoisotopic (exact) mass is 663 g/mol. The van der Waals surface area contributed by atoms with E-state index in [2.05, 4.69) is 207 Å². The Kier molecular flexibility index (Phi) is 6.91. The summed E-state index contributed by atoms with van der Waals surface area (Å²) in [5.41, 5.74) is 13.6. The number of rotatable bonds is 5. The van der Waals surface area contributed by atoms with Crippen LogP contribution in [0.1, 0.15) is 25.0 Å². The van der Waals surface area contributed by atoms with Crippen molar-refractivity contribution in [3.63, 3.8) is 0 Å². The quantitative estimate of drug-likeness (QED) is 0.166. The van der Waals surface area contributed by atoms with Crippen molar-refractivity contribution in [1.29, 1.82) is 0 Å². The molecule has 0 bridgehead atoms. The lowest BCUT2D eigenvalue weighted by atomic mass is 9.82. The average molecular weight is 664 g/mol. The standard InChI is InChI=1S/C51H37N/c1-51(2)48-24-11-9-21-44(48)45-31-30-38(33-49(45)51)52(50-25-12-10-22-46(50)42-23-13-16-34-14-3-5-17-39(34)42)37-28-26-35(27-29-37)47-32-36-15-4-6-18-40(36)41-19-7-8-20-43(41)47/h3-33H,1-2H3. The Morgan fingerprint density at radius 3 is 1.75 bits per heavy atom. The Hall–Kier alpha value is -6.44. The number of benzene rings is 9. The molecule has 0 atom stereocenters. The Morgan fingerprint density at radius 1 is 0.346 bits per heavy atom. The number of hydrogen-bond acceptors (Lipinski definition) is 1. The molecule has 0 heterocycles. The first kappa shape index (κ1) is 30.4. The summed E-state index contributed by atoms with van der Waals surface area (Å²) >= 11 is 0. The van der Waals surface area contributed by atoms with Gasteiger partial charge in [0.1, 0.15) is 0 Å². The number of anilines is 3. The number of nitrogens with zero attached hydrogens (tertiary/aromatic N) is 1. The predicted molar refractivity (Wildman–Crippen MR) is 222 cm³/mol. The highest BCUT2D eigenvalue weighted by atomic mass is 15.1. The van der Waals surface area contributed by atoms with Gasteiger partial charge in [-0.2, -0.15) is 0 Å². The van der Waals surface area contributed by atoms with E-state index in [1.165, 1.54) is 76.8 Å². The smallest absolute Gasteiger partial charge is 0.0540 e. The van der Waals surface area contributed by atoms with Crippen molar-refractivity contribution in [3.8, 4) is 33.4 Å². The maximum atomic E-state index is 2.46. The Labute approximate surface area is 305 Å². The minimum Gasteiger partial charge on any atom is -0.310 e. The van der Waals surface area contributed by atoms with Gasteiger partial charge in [0.2, 0.25) is 0 Å². The summed E-state index contributed by atoms with van der Waals surface area (Å²) in [5, 5.41) is 7.59. The fourth-order valence-corrected chi connectivity index (χ4v) is 8.70. The van der Waals surface area contributed by atoms with Gasteiger partial charge in [-0.15, -0.1) is 0 Å². The van der Waals surface area contributed by atoms with Crippen LogP contribution in [0.15, 0.2) is 188 Å². The van der Waals surface area contributed by atoms with E-state index in [1.54, 1.807) is 0 Å². The third kappa shape index (κ3) is 4.70. The molecule has 9 aromatic rings. The highest BCUT2D eigenvalue weighted by Crippen LogP contribution is 2.51. The second-order valence-corrected chi connectivity index (χ2v) is 14.5. The fraction of sp³-hybridized carbons (Fsp3) is 0.0588. The van der Waals surface area contributed by atoms with Crippen LogP contribution in [0.4, 0.5) is 17.1 Å². The molecule has 10 rings (SSSR count). The van der Waals surface area contributed by atoms with E-state index < -0.39 is 0 Å². The first-order chi connectivity index (χ1) is 25.6. The van der Waals surface area contributed by atoms with Gasteiger partial charge in [0.05, 0.1) is 5.69 Å². The molecular formula is C51H37N. The fourth-order valence-electron chi connectivity index (χ4n) is 8.70. The summed E-state index contributed by atoms with van der Waals surface area (Å²) in [7, 11) is 0. The molecule has 0 aromatic heterocycles. The summed E-state index contributed by atoms with van der Waals surface area (Å²) in [6, 6.07) is 69.2. The first-order valence-corrected chi connectivity index (χ1v) is 18.2. The minimum atomic E-state index is -0.107. The lowest BCUT2D eigenvalue weighted by molar-refractivity contribution is 0.660. The van der Waals surface area contributed by atoms with Crippen molar-refractivity contribution in [3.05, 3.63) is 199 Å². The third-order valence-electron chi connectivity index (χ3n) is 11.3. The molecule has 0 fully saturated rings. The molecule has 0 aliphatic heterocycles. The molecule has 0 saturated heterocycles. The van der Waals surface area contributed by atoms with Gasteiger partial charge in [-0.05, 0) is 108 Å². The summed E-state index contributed by atoms with van der Waals surface area (Å²) < 4.78 is 0. The van der Waals surface area contributed by atoms with E-state index in [4.69, 9.17) is 0 Å². The SMILES string of the molecule is CC1(C)c2ccccc2-c2ccc(N(c3ccc(-c4cc5ccccc5c5ccccc45)cc3)c3ccccc3-c3cccc4ccccc34)cc21. The summed E-state index contributed by atoms with van der Waals surface area (Å²) in [6.07, 6.45) is 0. The second-order valence-electron chi connectivity index (χ2n) is 14.5. The molecule has 0 spiro atoms. The molecule has 0 amide bonds. The number of para-hydroxylation sites is 1. The van der Waals surface area contributed by atoms with Gasteiger partial charge in [0.25, 0.3) is 0 Å². The summed E-state index contributed by atoms with van der Waals surface area (Å²) in [5.74, 6) is 0. The zero-order valence-corrected chi connectivity index (χ0v) is 29.3. The first-order valence-electron chi connectivity index (χ1n) is 18.2. The van der Waals surface area contributed by atoms with Crippen LogP contribution in [0.2, 0.25) is 0 Å². The van der Waals surface area contributed by atoms with Gasteiger partial charge >= 0.3 is 0 Å². The van der Waals surface area contributed by atoms with E-state index in [-0.39, 0.29) is 5.41 Å². The number of hydrogen-bond donors (Lipinski definition) is 0. The molecule has 0 N–H and O–H groups in total. The van der Waals surface area contributed by atoms with Gasteiger partial charge in [-0.1, -0.05) is 166 Å². The maximum absolute atomic E-state index is 2.46. The van der Waals surface area contributed by atoms with Crippen LogP contribution in [-0.2, 0) is 5.41 Å². The van der Waals surface area contributed by atoms with Crippen LogP contribution >= 0.6 is 0 Å². The van der Waals surface area contributed by atoms with Crippen LogP contribution in [0.25, 0.3) is 65.7 Å². The van der Waals surface area contributed by atoms with Gasteiger partial charge in [0, 0.05) is 22.4 Å². The lowest BCUT2D eigenvalue weighted by Crippen LogP contribution is -2.16. The van der Waals surface area contributed by atoms with E-state index in [0.717, 1.165) is 17.1 Å². The second kappa shape index (κ2) is 11.8. The van der Waals surface area contributed by atoms with Gasteiger partial charge in [0.15, 0.2) is 0 Å². The van der Waals surface area contributed by atoms with E-state index in [0.29, 0.717) is 0 Å². The van der Waals surface area contributed by atoms with Crippen molar-refractivity contribution in [2.75, 3.05) is 4.90 Å². The van der Waals surface area contributed by atoms with Crippen molar-refractivity contribution in [2.45, 2.75) is 19.3 Å². The average Bonchev–Trinajstić information content (AvgIpc) is 3.43. The Morgan fingerprint density at radius 2 is 0.923 bits per heavy atom. The van der Waals surface area contributed by atoms with Gasteiger partial charge in [-0.25, -0.2) is 0 Å². The minimum absolute atomic E-state index is 0.107. The van der Waals surface area contributed by atoms with Crippen molar-refractivity contribution in [2.24, 2.45) is 0 Å². The summed E-state index contributed by atoms with van der Waals surface area (Å²) in [6.45, 7) is 4.72. The van der Waals surface area contributed by atoms with Crippen LogP contribution in [0, 0.1) is 0 Å². The Bertz CT molecular complexity index is 2820. The molecule has 1 nitrogen and oxygen atoms in total. The predicted octanol–water partition coefficient (Wildman–Crippen LogP) is 14.3. The van der Waals surface area contributed by atoms with Crippen LogP contribution in [0.3, 0.4) is 0 Å². The molecular weight excluding hydrogens is 627 g/mol. The molecule has 52 heavy (non-hydrogen) atoms. The number of fused-ring (bicyclic) bond motifs is 7. The van der Waals surface area contributed by atoms with Crippen LogP contribution < -0.4 is 4.90 Å². The molecule has 0 radical (unpaired) electrons. The molecule has 246 valence electrons. The highest BCUT2D eigenvalue weighted by Gasteiger charge is 2.36. The van der Waals surface area contributed by atoms with Crippen molar-refractivity contribution < 1.29 is 0 Å². The molecule has 1 aliphatic carbocycles. The normalized spacial score (nSPS) is 13.0. The zero-order valence-electron chi connectivity index (χ0n) is 29.3. The topological polar surface area (TPSA) is 3.24 Å². The molecule has 9 aromatic carbocycles. The molecule has 0 unspecified atom stereocenters. The van der Waals surface area contributed by atoms with Gasteiger partial charge < -0.3 is 4.90 Å². The van der Waals surface area contributed by atoms with Crippen LogP contribution in [-0.4, -0.2) is 0 Å². The molecule has 1 heteroatoms. The zero-order chi connectivity index (χ0) is 34.8. The van der Waals surface area contributed by atoms with Crippen molar-refractivity contribution in [1.82, 2.24) is 0 Å².